The zero-order chi connectivity index (χ0) is 7.44. The van der Waals surface area contributed by atoms with Crippen LogP contribution in [0.5, 0.6) is 0 Å². The first-order valence-corrected chi connectivity index (χ1v) is 3.31. The van der Waals surface area contributed by atoms with Crippen LogP contribution in [0.25, 0.3) is 0 Å². The van der Waals surface area contributed by atoms with E-state index in [0.717, 1.165) is 11.9 Å². The number of carbonyl (C=O) groups excluding carboxylic acids is 1. The molecule has 0 radical (unpaired) electrons. The number of ketones is 1. The van der Waals surface area contributed by atoms with Gasteiger partial charge in [0.1, 0.15) is 0 Å². The molecule has 52 valence electrons. The Balaban J connectivity index is 4.35. The minimum atomic E-state index is -0.0810. The smallest absolute Gasteiger partial charge is 0.169 e. The van der Waals surface area contributed by atoms with Gasteiger partial charge < -0.3 is 5.73 Å². The van der Waals surface area contributed by atoms with Gasteiger partial charge in [-0.25, -0.2) is 0 Å². The quantitative estimate of drug-likeness (QED) is 0.436. The maximum absolute atomic E-state index is 10.6. The van der Waals surface area contributed by atoms with Gasteiger partial charge >= 0.3 is 0 Å². The van der Waals surface area contributed by atoms with E-state index < -0.39 is 0 Å². The van der Waals surface area contributed by atoms with Gasteiger partial charge in [-0.1, -0.05) is 0 Å². The third-order valence-corrected chi connectivity index (χ3v) is 1.64. The molecule has 0 unspecified atom stereocenters. The topological polar surface area (TPSA) is 69.1 Å². The van der Waals surface area contributed by atoms with E-state index in [4.69, 9.17) is 10.9 Å². The Hall–Kier alpha value is -0.480. The number of allylic oxidation sites excluding steroid dienone is 2. The lowest BCUT2D eigenvalue weighted by Gasteiger charge is -1.98. The van der Waals surface area contributed by atoms with E-state index in [-0.39, 0.29) is 5.78 Å². The first-order chi connectivity index (χ1) is 4.09. The largest absolute Gasteiger partial charge is 0.401 e. The van der Waals surface area contributed by atoms with Crippen molar-refractivity contribution in [2.75, 3.05) is 0 Å². The number of nitrogens with two attached hydrogens (primary N) is 2. The summed E-state index contributed by atoms with van der Waals surface area (Å²) in [6.07, 6.45) is 0. The van der Waals surface area contributed by atoms with Crippen LogP contribution in [0.4, 0.5) is 0 Å². The summed E-state index contributed by atoms with van der Waals surface area (Å²) in [5, 5.41) is 5.13. The summed E-state index contributed by atoms with van der Waals surface area (Å²) in [5.41, 5.74) is 5.79. The molecule has 0 aromatic rings. The molecule has 0 spiro atoms. The highest BCUT2D eigenvalue weighted by Crippen LogP contribution is 2.10. The van der Waals surface area contributed by atoms with E-state index in [0.29, 0.717) is 10.6 Å². The fraction of sp³-hybridized carbons (Fsp3) is 0.400. The van der Waals surface area contributed by atoms with E-state index >= 15 is 0 Å². The van der Waals surface area contributed by atoms with Crippen molar-refractivity contribution in [1.29, 1.82) is 0 Å². The Morgan fingerprint density at radius 3 is 1.89 bits per heavy atom. The molecule has 4 N–H and O–H groups in total. The van der Waals surface area contributed by atoms with Gasteiger partial charge in [-0.05, 0) is 25.8 Å². The summed E-state index contributed by atoms with van der Waals surface area (Å²) in [7, 11) is 0. The van der Waals surface area contributed by atoms with E-state index in [1.807, 2.05) is 0 Å². The van der Waals surface area contributed by atoms with E-state index in [1.54, 1.807) is 6.92 Å². The summed E-state index contributed by atoms with van der Waals surface area (Å²) in [4.78, 5) is 11.0. The summed E-state index contributed by atoms with van der Waals surface area (Å²) >= 11 is 0.891. The van der Waals surface area contributed by atoms with Gasteiger partial charge in [0.15, 0.2) is 5.78 Å². The highest BCUT2D eigenvalue weighted by atomic mass is 32.2. The summed E-state index contributed by atoms with van der Waals surface area (Å²) in [6.45, 7) is 3.09. The summed E-state index contributed by atoms with van der Waals surface area (Å²) in [6, 6.07) is 0. The molecule has 0 amide bonds. The molecule has 0 fully saturated rings. The highest BCUT2D eigenvalue weighted by molar-refractivity contribution is 8.01. The van der Waals surface area contributed by atoms with Crippen molar-refractivity contribution in [3.8, 4) is 0 Å². The van der Waals surface area contributed by atoms with Gasteiger partial charge in [-0.15, -0.1) is 0 Å². The maximum Gasteiger partial charge on any atom is 0.169 e. The van der Waals surface area contributed by atoms with Crippen LogP contribution in [0.1, 0.15) is 13.8 Å². The zero-order valence-corrected chi connectivity index (χ0v) is 6.29. The molecule has 3 nitrogen and oxygen atoms in total. The Morgan fingerprint density at radius 2 is 1.89 bits per heavy atom. The second-order valence-corrected chi connectivity index (χ2v) is 2.33. The normalized spacial score (nSPS) is 12.8. The number of Topliss-reactive ketones (excluding diaryl/α,β-unsaturated/α-hetero) is 1. The van der Waals surface area contributed by atoms with Crippen LogP contribution in [0, 0.1) is 0 Å². The van der Waals surface area contributed by atoms with Gasteiger partial charge in [-0.3, -0.25) is 9.93 Å². The van der Waals surface area contributed by atoms with Crippen molar-refractivity contribution in [2.45, 2.75) is 13.8 Å². The van der Waals surface area contributed by atoms with Gasteiger partial charge in [0.05, 0.1) is 4.91 Å². The Kier molecular flexibility index (Phi) is 3.34. The van der Waals surface area contributed by atoms with Crippen LogP contribution < -0.4 is 10.9 Å². The third kappa shape index (κ3) is 2.53. The Morgan fingerprint density at radius 1 is 1.44 bits per heavy atom. The van der Waals surface area contributed by atoms with Crippen LogP contribution >= 0.6 is 11.9 Å². The van der Waals surface area contributed by atoms with E-state index in [9.17, 15) is 4.79 Å². The average Bonchev–Trinajstić information content (AvgIpc) is 1.64. The van der Waals surface area contributed by atoms with Gasteiger partial charge in [-0.2, -0.15) is 0 Å². The molecule has 0 heterocycles. The van der Waals surface area contributed by atoms with Crippen molar-refractivity contribution >= 4 is 17.7 Å². The van der Waals surface area contributed by atoms with Crippen LogP contribution in [0.3, 0.4) is 0 Å². The van der Waals surface area contributed by atoms with Crippen LogP contribution in [-0.2, 0) is 4.79 Å². The highest BCUT2D eigenvalue weighted by Gasteiger charge is 2.03. The van der Waals surface area contributed by atoms with E-state index in [2.05, 4.69) is 0 Å². The lowest BCUT2D eigenvalue weighted by atomic mass is 10.3. The van der Waals surface area contributed by atoms with E-state index in [1.165, 1.54) is 6.92 Å². The first kappa shape index (κ1) is 8.52. The minimum Gasteiger partial charge on any atom is -0.401 e. The van der Waals surface area contributed by atoms with Crippen molar-refractivity contribution < 1.29 is 4.79 Å². The number of carbonyl (C=O) groups is 1. The lowest BCUT2D eigenvalue weighted by molar-refractivity contribution is -0.113. The molecule has 0 aromatic heterocycles. The molecule has 0 aromatic carbocycles. The Labute approximate surface area is 58.6 Å². The third-order valence-electron chi connectivity index (χ3n) is 0.796. The van der Waals surface area contributed by atoms with Crippen molar-refractivity contribution in [3.05, 3.63) is 10.6 Å². The molecule has 0 saturated heterocycles. The standard InChI is InChI=1S/C5H10N2OS/c1-3(6)5(9-7)4(2)8/h6-7H2,1-2H3/b5-3-. The molecule has 9 heavy (non-hydrogen) atoms. The molecule has 4 heteroatoms. The van der Waals surface area contributed by atoms with Crippen molar-refractivity contribution in [2.24, 2.45) is 10.9 Å². The molecule has 0 rings (SSSR count). The van der Waals surface area contributed by atoms with Gasteiger partial charge in [0.25, 0.3) is 0 Å². The molecular formula is C5H10N2OS. The van der Waals surface area contributed by atoms with Gasteiger partial charge in [0, 0.05) is 5.70 Å². The lowest BCUT2D eigenvalue weighted by Crippen LogP contribution is -2.04. The zero-order valence-electron chi connectivity index (χ0n) is 5.47. The summed E-state index contributed by atoms with van der Waals surface area (Å²) in [5.74, 6) is -0.0810. The molecule has 0 saturated carbocycles. The average molecular weight is 146 g/mol. The van der Waals surface area contributed by atoms with Crippen LogP contribution in [-0.4, -0.2) is 5.78 Å². The van der Waals surface area contributed by atoms with Crippen molar-refractivity contribution in [1.82, 2.24) is 0 Å². The molecule has 0 aliphatic heterocycles. The second kappa shape index (κ2) is 3.53. The molecule has 0 bridgehead atoms. The number of rotatable bonds is 2. The van der Waals surface area contributed by atoms with Crippen molar-refractivity contribution in [3.63, 3.8) is 0 Å². The maximum atomic E-state index is 10.6. The van der Waals surface area contributed by atoms with Crippen LogP contribution in [0.15, 0.2) is 10.6 Å². The molecule has 0 aliphatic rings. The number of hydrogen-bond acceptors (Lipinski definition) is 4. The SMILES string of the molecule is CC(=O)/C(SN)=C(\C)N. The molecule has 0 atom stereocenters. The fourth-order valence-corrected chi connectivity index (χ4v) is 0.805. The summed E-state index contributed by atoms with van der Waals surface area (Å²) < 4.78 is 0. The predicted octanol–water partition coefficient (Wildman–Crippen LogP) is 0.373. The van der Waals surface area contributed by atoms with Crippen LogP contribution in [0.2, 0.25) is 0 Å². The Bertz CT molecular complexity index is 149. The molecular weight excluding hydrogens is 136 g/mol. The first-order valence-electron chi connectivity index (χ1n) is 2.43. The van der Waals surface area contributed by atoms with Gasteiger partial charge in [0.2, 0.25) is 0 Å². The molecule has 0 aliphatic carbocycles. The minimum absolute atomic E-state index is 0.0810. The fourth-order valence-electron chi connectivity index (χ4n) is 0.454. The monoisotopic (exact) mass is 146 g/mol. The second-order valence-electron chi connectivity index (χ2n) is 1.69. The predicted molar refractivity (Wildman–Crippen MR) is 39.3 cm³/mol. The number of hydrogen-bond donors (Lipinski definition) is 2.